The first-order valence-electron chi connectivity index (χ1n) is 13.6. The number of carbonyl (C=O) groups is 3. The average Bonchev–Trinajstić information content (AvgIpc) is 2.90. The molecule has 3 amide bonds. The number of aliphatic hydroxyl groups is 2. The highest BCUT2D eigenvalue weighted by Gasteiger charge is 2.34. The van der Waals surface area contributed by atoms with Crippen molar-refractivity contribution in [1.82, 2.24) is 15.5 Å². The van der Waals surface area contributed by atoms with E-state index in [9.17, 15) is 33.4 Å². The van der Waals surface area contributed by atoms with E-state index in [1.165, 1.54) is 13.0 Å². The van der Waals surface area contributed by atoms with Crippen LogP contribution in [-0.2, 0) is 11.2 Å². The summed E-state index contributed by atoms with van der Waals surface area (Å²) in [6, 6.07) is 6.72. The van der Waals surface area contributed by atoms with Crippen LogP contribution < -0.4 is 10.6 Å². The fraction of sp³-hybridized carbons (Fsp3) is 0.467. The van der Waals surface area contributed by atoms with Gasteiger partial charge in [0.15, 0.2) is 0 Å². The van der Waals surface area contributed by atoms with Gasteiger partial charge in [-0.2, -0.15) is 5.26 Å². The predicted molar refractivity (Wildman–Crippen MR) is 153 cm³/mol. The van der Waals surface area contributed by atoms with Crippen LogP contribution in [-0.4, -0.2) is 70.2 Å². The molecule has 0 aliphatic rings. The molecule has 0 spiro atoms. The van der Waals surface area contributed by atoms with Crippen molar-refractivity contribution < 1.29 is 36.2 Å². The van der Waals surface area contributed by atoms with Gasteiger partial charge in [-0.05, 0) is 67.6 Å². The Labute approximate surface area is 242 Å². The second-order valence-electron chi connectivity index (χ2n) is 10.1. The van der Waals surface area contributed by atoms with Crippen LogP contribution in [0.25, 0.3) is 0 Å². The van der Waals surface area contributed by atoms with Gasteiger partial charge in [-0.15, -0.1) is 0 Å². The molecule has 41 heavy (non-hydrogen) atoms. The highest BCUT2D eigenvalue weighted by Crippen LogP contribution is 2.18. The standard InChI is InChI=1S/C30H38F2N4O5.2H2/c1-5-9-36(10-6-2)30(41)22-12-18(3)11-21(16-22)29(40)35-26(15-20-13-23(31)17-24(32)14-20)28(39)27(38)25(7-8-33)34-19(4)37;;/h11-14,16-17,25-28,38-39H,5-7,9-10,15H2,1-4H3,(H,34,37)(H,35,40);2*1H/t25-,26+,27-,28-;;/m1../s1. The van der Waals surface area contributed by atoms with Crippen molar-refractivity contribution >= 4 is 17.7 Å². The number of nitrogens with zero attached hydrogens (tertiary/aromatic N) is 2. The number of carbonyl (C=O) groups excluding carboxylic acids is 3. The first-order valence-corrected chi connectivity index (χ1v) is 13.6. The van der Waals surface area contributed by atoms with E-state index >= 15 is 0 Å². The molecule has 11 heteroatoms. The van der Waals surface area contributed by atoms with Gasteiger partial charge >= 0.3 is 0 Å². The molecule has 4 atom stereocenters. The summed E-state index contributed by atoms with van der Waals surface area (Å²) in [6.07, 6.45) is -2.59. The summed E-state index contributed by atoms with van der Waals surface area (Å²) in [5.74, 6) is -3.23. The topological polar surface area (TPSA) is 143 Å². The lowest BCUT2D eigenvalue weighted by Crippen LogP contribution is -2.56. The smallest absolute Gasteiger partial charge is 0.253 e. The van der Waals surface area contributed by atoms with E-state index in [-0.39, 0.29) is 32.7 Å². The second kappa shape index (κ2) is 15.8. The Bertz CT molecular complexity index is 1250. The summed E-state index contributed by atoms with van der Waals surface area (Å²) in [5, 5.41) is 36.1. The molecule has 2 aromatic carbocycles. The van der Waals surface area contributed by atoms with Gasteiger partial charge in [0, 0.05) is 40.1 Å². The summed E-state index contributed by atoms with van der Waals surface area (Å²) in [4.78, 5) is 39.9. The summed E-state index contributed by atoms with van der Waals surface area (Å²) >= 11 is 0. The van der Waals surface area contributed by atoms with Crippen molar-refractivity contribution in [3.8, 4) is 6.07 Å². The zero-order valence-electron chi connectivity index (χ0n) is 23.8. The molecule has 226 valence electrons. The van der Waals surface area contributed by atoms with Crippen LogP contribution in [0, 0.1) is 29.9 Å². The first kappa shape index (κ1) is 33.3. The number of halogens is 2. The zero-order chi connectivity index (χ0) is 30.7. The van der Waals surface area contributed by atoms with E-state index in [1.54, 1.807) is 24.0 Å². The van der Waals surface area contributed by atoms with Gasteiger partial charge in [-0.1, -0.05) is 13.8 Å². The van der Waals surface area contributed by atoms with E-state index in [0.29, 0.717) is 30.3 Å². The number of amides is 3. The van der Waals surface area contributed by atoms with Crippen molar-refractivity contribution in [2.45, 2.75) is 77.7 Å². The molecule has 2 rings (SSSR count). The van der Waals surface area contributed by atoms with Gasteiger partial charge in [-0.3, -0.25) is 14.4 Å². The van der Waals surface area contributed by atoms with Gasteiger partial charge in [0.25, 0.3) is 11.8 Å². The maximum atomic E-state index is 13.9. The number of aryl methyl sites for hydroxylation is 1. The summed E-state index contributed by atoms with van der Waals surface area (Å²) < 4.78 is 27.8. The fourth-order valence-electron chi connectivity index (χ4n) is 4.66. The van der Waals surface area contributed by atoms with E-state index in [4.69, 9.17) is 5.26 Å². The minimum atomic E-state index is -1.76. The number of nitrogens with one attached hydrogen (secondary N) is 2. The Balaban J connectivity index is 0.00000882. The number of hydrogen-bond acceptors (Lipinski definition) is 6. The summed E-state index contributed by atoms with van der Waals surface area (Å²) in [6.45, 7) is 7.93. The van der Waals surface area contributed by atoms with E-state index in [1.807, 2.05) is 19.9 Å². The molecule has 0 fully saturated rings. The molecular weight excluding hydrogens is 534 g/mol. The predicted octanol–water partition coefficient (Wildman–Crippen LogP) is 3.51. The molecule has 0 unspecified atom stereocenters. The van der Waals surface area contributed by atoms with Crippen LogP contribution in [0.15, 0.2) is 36.4 Å². The van der Waals surface area contributed by atoms with Crippen LogP contribution in [0.1, 0.15) is 74.7 Å². The van der Waals surface area contributed by atoms with Crippen molar-refractivity contribution in [2.24, 2.45) is 0 Å². The maximum absolute atomic E-state index is 13.9. The van der Waals surface area contributed by atoms with Gasteiger partial charge in [0.05, 0.1) is 24.6 Å². The normalized spacial score (nSPS) is 13.8. The van der Waals surface area contributed by atoms with Gasteiger partial charge in [-0.25, -0.2) is 8.78 Å². The largest absolute Gasteiger partial charge is 0.388 e. The Morgan fingerprint density at radius 1 is 0.927 bits per heavy atom. The van der Waals surface area contributed by atoms with Gasteiger partial charge in [0.2, 0.25) is 5.91 Å². The molecule has 4 N–H and O–H groups in total. The Morgan fingerprint density at radius 3 is 2.02 bits per heavy atom. The number of nitriles is 1. The summed E-state index contributed by atoms with van der Waals surface area (Å²) in [5.41, 5.74) is 1.14. The highest BCUT2D eigenvalue weighted by molar-refractivity contribution is 6.00. The minimum Gasteiger partial charge on any atom is -0.388 e. The molecule has 0 aromatic heterocycles. The Morgan fingerprint density at radius 2 is 1.49 bits per heavy atom. The lowest BCUT2D eigenvalue weighted by atomic mass is 9.92. The minimum absolute atomic E-state index is 0. The number of benzene rings is 2. The molecule has 0 heterocycles. The lowest BCUT2D eigenvalue weighted by molar-refractivity contribution is -0.121. The third-order valence-corrected chi connectivity index (χ3v) is 6.43. The fourth-order valence-corrected chi connectivity index (χ4v) is 4.66. The molecule has 0 saturated carbocycles. The van der Waals surface area contributed by atoms with Crippen molar-refractivity contribution in [2.75, 3.05) is 13.1 Å². The molecule has 0 radical (unpaired) electrons. The molecule has 0 saturated heterocycles. The number of hydrogen-bond donors (Lipinski definition) is 4. The van der Waals surface area contributed by atoms with Gasteiger partial charge < -0.3 is 25.7 Å². The quantitative estimate of drug-likeness (QED) is 0.271. The van der Waals surface area contributed by atoms with Crippen LogP contribution in [0.4, 0.5) is 8.78 Å². The number of aliphatic hydroxyl groups excluding tert-OH is 2. The second-order valence-corrected chi connectivity index (χ2v) is 10.1. The van der Waals surface area contributed by atoms with Crippen LogP contribution >= 0.6 is 0 Å². The molecular formula is C30H42F2N4O5. The van der Waals surface area contributed by atoms with Gasteiger partial charge in [0.1, 0.15) is 23.8 Å². The molecule has 2 aromatic rings. The monoisotopic (exact) mass is 576 g/mol. The van der Waals surface area contributed by atoms with Crippen molar-refractivity contribution in [3.05, 3.63) is 70.3 Å². The van der Waals surface area contributed by atoms with E-state index in [2.05, 4.69) is 10.6 Å². The first-order chi connectivity index (χ1) is 19.4. The van der Waals surface area contributed by atoms with Crippen LogP contribution in [0.2, 0.25) is 0 Å². The van der Waals surface area contributed by atoms with Crippen molar-refractivity contribution in [1.29, 1.82) is 5.26 Å². The molecule has 0 aliphatic carbocycles. The summed E-state index contributed by atoms with van der Waals surface area (Å²) in [7, 11) is 0. The SMILES string of the molecule is CCCN(CCC)C(=O)c1cc(C)cc(C(=O)N[C@@H](Cc2cc(F)cc(F)c2)[C@@H](O)[C@H](O)[C@@H](CC#N)NC(C)=O)c1.[HH].[HH]. The molecule has 9 nitrogen and oxygen atoms in total. The molecule has 0 aliphatic heterocycles. The van der Waals surface area contributed by atoms with Crippen LogP contribution in [0.3, 0.4) is 0 Å². The highest BCUT2D eigenvalue weighted by atomic mass is 19.1. The van der Waals surface area contributed by atoms with E-state index < -0.39 is 47.7 Å². The molecule has 0 bridgehead atoms. The van der Waals surface area contributed by atoms with Crippen LogP contribution in [0.5, 0.6) is 0 Å². The Kier molecular flexibility index (Phi) is 12.8. The lowest BCUT2D eigenvalue weighted by Gasteiger charge is -2.32. The average molecular weight is 577 g/mol. The maximum Gasteiger partial charge on any atom is 0.253 e. The van der Waals surface area contributed by atoms with E-state index in [0.717, 1.165) is 25.0 Å². The zero-order valence-corrected chi connectivity index (χ0v) is 23.8. The van der Waals surface area contributed by atoms with Crippen molar-refractivity contribution in [3.63, 3.8) is 0 Å². The number of rotatable bonds is 14. The Hall–Kier alpha value is -3.88. The third kappa shape index (κ3) is 9.92. The third-order valence-electron chi connectivity index (χ3n) is 6.43.